The zero-order valence-electron chi connectivity index (χ0n) is 13.6. The molecule has 130 valence electrons. The molecule has 3 rings (SSSR count). The highest BCUT2D eigenvalue weighted by Crippen LogP contribution is 2.33. The van der Waals surface area contributed by atoms with Crippen LogP contribution in [-0.2, 0) is 17.1 Å². The van der Waals surface area contributed by atoms with Crippen molar-refractivity contribution in [2.75, 3.05) is 7.11 Å². The average molecular weight is 361 g/mol. The van der Waals surface area contributed by atoms with Crippen molar-refractivity contribution in [2.24, 2.45) is 12.2 Å². The van der Waals surface area contributed by atoms with Crippen molar-refractivity contribution in [3.8, 4) is 28.1 Å². The fourth-order valence-electron chi connectivity index (χ4n) is 2.55. The normalized spacial score (nSPS) is 11.5. The third-order valence-electron chi connectivity index (χ3n) is 3.75. The number of aryl methyl sites for hydroxylation is 1. The highest BCUT2D eigenvalue weighted by molar-refractivity contribution is 7.89. The number of halogens is 1. The molecule has 1 heterocycles. The molecule has 0 saturated carbocycles. The van der Waals surface area contributed by atoms with E-state index in [2.05, 4.69) is 5.10 Å². The van der Waals surface area contributed by atoms with Crippen LogP contribution in [0.25, 0.3) is 22.4 Å². The number of ether oxygens (including phenoxy) is 1. The lowest BCUT2D eigenvalue weighted by Crippen LogP contribution is -2.11. The van der Waals surface area contributed by atoms with Gasteiger partial charge in [-0.05, 0) is 29.8 Å². The van der Waals surface area contributed by atoms with Crippen molar-refractivity contribution in [1.29, 1.82) is 0 Å². The first-order valence-electron chi connectivity index (χ1n) is 7.30. The van der Waals surface area contributed by atoms with Gasteiger partial charge in [0.15, 0.2) is 11.6 Å². The first kappa shape index (κ1) is 17.1. The van der Waals surface area contributed by atoms with Crippen molar-refractivity contribution in [1.82, 2.24) is 9.78 Å². The number of hydrogen-bond donors (Lipinski definition) is 1. The van der Waals surface area contributed by atoms with E-state index in [-0.39, 0.29) is 10.6 Å². The zero-order chi connectivity index (χ0) is 18.2. The largest absolute Gasteiger partial charge is 0.494 e. The average Bonchev–Trinajstić information content (AvgIpc) is 2.96. The lowest BCUT2D eigenvalue weighted by atomic mass is 10.0. The molecule has 0 fully saturated rings. The maximum absolute atomic E-state index is 14.0. The molecule has 1 aromatic heterocycles. The Bertz CT molecular complexity index is 1030. The Hall–Kier alpha value is -2.71. The molecule has 2 N–H and O–H groups in total. The van der Waals surface area contributed by atoms with E-state index in [4.69, 9.17) is 9.88 Å². The summed E-state index contributed by atoms with van der Waals surface area (Å²) < 4.78 is 43.3. The third kappa shape index (κ3) is 3.40. The lowest BCUT2D eigenvalue weighted by Gasteiger charge is -2.06. The van der Waals surface area contributed by atoms with Crippen LogP contribution in [0.2, 0.25) is 0 Å². The van der Waals surface area contributed by atoms with Gasteiger partial charge in [0.05, 0.1) is 12.0 Å². The summed E-state index contributed by atoms with van der Waals surface area (Å²) in [6.07, 6.45) is 1.77. The SMILES string of the molecule is COc1ccc(-c2cn(C)nc2-c2ccc(S(N)(=O)=O)cc2)cc1F. The van der Waals surface area contributed by atoms with E-state index in [0.717, 1.165) is 0 Å². The van der Waals surface area contributed by atoms with Crippen LogP contribution in [-0.4, -0.2) is 25.3 Å². The molecule has 0 aliphatic rings. The fourth-order valence-corrected chi connectivity index (χ4v) is 3.06. The molecule has 0 bridgehead atoms. The van der Waals surface area contributed by atoms with E-state index in [1.54, 1.807) is 42.2 Å². The van der Waals surface area contributed by atoms with Gasteiger partial charge in [0, 0.05) is 24.4 Å². The minimum Gasteiger partial charge on any atom is -0.494 e. The van der Waals surface area contributed by atoms with Crippen molar-refractivity contribution in [2.45, 2.75) is 4.90 Å². The molecule has 8 heteroatoms. The minimum atomic E-state index is -3.76. The number of hydrogen-bond acceptors (Lipinski definition) is 4. The number of aromatic nitrogens is 2. The van der Waals surface area contributed by atoms with Crippen LogP contribution in [0.5, 0.6) is 5.75 Å². The monoisotopic (exact) mass is 361 g/mol. The van der Waals surface area contributed by atoms with Gasteiger partial charge in [-0.3, -0.25) is 4.68 Å². The van der Waals surface area contributed by atoms with Gasteiger partial charge in [0.2, 0.25) is 10.0 Å². The van der Waals surface area contributed by atoms with E-state index in [0.29, 0.717) is 22.4 Å². The van der Waals surface area contributed by atoms with Crippen LogP contribution in [0.15, 0.2) is 53.6 Å². The molecule has 0 saturated heterocycles. The molecular weight excluding hydrogens is 345 g/mol. The quantitative estimate of drug-likeness (QED) is 0.774. The number of sulfonamides is 1. The van der Waals surface area contributed by atoms with Crippen LogP contribution < -0.4 is 9.88 Å². The Balaban J connectivity index is 2.09. The molecule has 0 spiro atoms. The van der Waals surface area contributed by atoms with Crippen molar-refractivity contribution in [3.63, 3.8) is 0 Å². The van der Waals surface area contributed by atoms with Crippen LogP contribution in [0.1, 0.15) is 0 Å². The molecule has 0 amide bonds. The van der Waals surface area contributed by atoms with E-state index >= 15 is 0 Å². The Morgan fingerprint density at radius 1 is 1.12 bits per heavy atom. The molecule has 0 radical (unpaired) electrons. The Kier molecular flexibility index (Phi) is 4.32. The summed E-state index contributed by atoms with van der Waals surface area (Å²) in [5, 5.41) is 9.52. The number of nitrogens with two attached hydrogens (primary N) is 1. The van der Waals surface area contributed by atoms with E-state index < -0.39 is 15.8 Å². The predicted octanol–water partition coefficient (Wildman–Crippen LogP) is 2.55. The topological polar surface area (TPSA) is 87.2 Å². The van der Waals surface area contributed by atoms with Crippen molar-refractivity contribution in [3.05, 3.63) is 54.5 Å². The number of methoxy groups -OCH3 is 1. The molecule has 0 atom stereocenters. The highest BCUT2D eigenvalue weighted by Gasteiger charge is 2.15. The highest BCUT2D eigenvalue weighted by atomic mass is 32.2. The number of nitrogens with zero attached hydrogens (tertiary/aromatic N) is 2. The van der Waals surface area contributed by atoms with E-state index in [9.17, 15) is 12.8 Å². The van der Waals surface area contributed by atoms with Crippen LogP contribution in [0, 0.1) is 5.82 Å². The molecule has 25 heavy (non-hydrogen) atoms. The van der Waals surface area contributed by atoms with Crippen LogP contribution >= 0.6 is 0 Å². The van der Waals surface area contributed by atoms with Crippen LogP contribution in [0.4, 0.5) is 4.39 Å². The van der Waals surface area contributed by atoms with Gasteiger partial charge >= 0.3 is 0 Å². The molecule has 0 aliphatic carbocycles. The number of benzene rings is 2. The molecule has 0 unspecified atom stereocenters. The van der Waals surface area contributed by atoms with Gasteiger partial charge in [0.1, 0.15) is 5.69 Å². The van der Waals surface area contributed by atoms with Gasteiger partial charge in [-0.2, -0.15) is 5.10 Å². The zero-order valence-corrected chi connectivity index (χ0v) is 14.4. The predicted molar refractivity (Wildman–Crippen MR) is 92.0 cm³/mol. The Labute approximate surface area is 144 Å². The Morgan fingerprint density at radius 2 is 1.76 bits per heavy atom. The summed E-state index contributed by atoms with van der Waals surface area (Å²) in [4.78, 5) is 0.0178. The van der Waals surface area contributed by atoms with Gasteiger partial charge in [-0.1, -0.05) is 18.2 Å². The second kappa shape index (κ2) is 6.30. The summed E-state index contributed by atoms with van der Waals surface area (Å²) >= 11 is 0. The molecule has 3 aromatic rings. The van der Waals surface area contributed by atoms with Crippen molar-refractivity contribution < 1.29 is 17.5 Å². The van der Waals surface area contributed by atoms with Gasteiger partial charge in [0.25, 0.3) is 0 Å². The summed E-state index contributed by atoms with van der Waals surface area (Å²) in [7, 11) is -0.602. The standard InChI is InChI=1S/C17H16FN3O3S/c1-21-10-14(12-5-8-16(24-2)15(18)9-12)17(20-21)11-3-6-13(7-4-11)25(19,22)23/h3-10H,1-2H3,(H2,19,22,23). The smallest absolute Gasteiger partial charge is 0.238 e. The summed E-state index contributed by atoms with van der Waals surface area (Å²) in [5.41, 5.74) is 2.65. The van der Waals surface area contributed by atoms with Crippen molar-refractivity contribution >= 4 is 10.0 Å². The summed E-state index contributed by atoms with van der Waals surface area (Å²) in [6.45, 7) is 0. The maximum Gasteiger partial charge on any atom is 0.238 e. The molecular formula is C17H16FN3O3S. The molecule has 2 aromatic carbocycles. The number of rotatable bonds is 4. The first-order chi connectivity index (χ1) is 11.8. The maximum atomic E-state index is 14.0. The fraction of sp³-hybridized carbons (Fsp3) is 0.118. The molecule has 0 aliphatic heterocycles. The minimum absolute atomic E-state index is 0.0178. The van der Waals surface area contributed by atoms with Gasteiger partial charge in [-0.15, -0.1) is 0 Å². The number of primary sulfonamides is 1. The second-order valence-electron chi connectivity index (χ2n) is 5.48. The Morgan fingerprint density at radius 3 is 2.32 bits per heavy atom. The second-order valence-corrected chi connectivity index (χ2v) is 7.05. The third-order valence-corrected chi connectivity index (χ3v) is 4.68. The lowest BCUT2D eigenvalue weighted by molar-refractivity contribution is 0.386. The van der Waals surface area contributed by atoms with E-state index in [1.165, 1.54) is 25.3 Å². The molecule has 6 nitrogen and oxygen atoms in total. The van der Waals surface area contributed by atoms with Gasteiger partial charge in [-0.25, -0.2) is 17.9 Å². The van der Waals surface area contributed by atoms with Crippen LogP contribution in [0.3, 0.4) is 0 Å². The van der Waals surface area contributed by atoms with Gasteiger partial charge < -0.3 is 4.74 Å². The van der Waals surface area contributed by atoms with E-state index in [1.807, 2.05) is 0 Å². The summed E-state index contributed by atoms with van der Waals surface area (Å²) in [5.74, 6) is -0.314. The first-order valence-corrected chi connectivity index (χ1v) is 8.85. The summed E-state index contributed by atoms with van der Waals surface area (Å²) in [6, 6.07) is 10.7.